The fourth-order valence-electron chi connectivity index (χ4n) is 1.90. The van der Waals surface area contributed by atoms with Crippen molar-refractivity contribution in [1.29, 1.82) is 5.26 Å². The van der Waals surface area contributed by atoms with Crippen LogP contribution in [0.2, 0.25) is 0 Å². The molecule has 1 aliphatic rings. The van der Waals surface area contributed by atoms with Crippen molar-refractivity contribution < 1.29 is 0 Å². The summed E-state index contributed by atoms with van der Waals surface area (Å²) in [6.07, 6.45) is 6.70. The molecule has 1 N–H and O–H groups in total. The highest BCUT2D eigenvalue weighted by molar-refractivity contribution is 5.14. The molecule has 84 valence electrons. The number of nitriles is 1. The monoisotopic (exact) mass is 215 g/mol. The van der Waals surface area contributed by atoms with Gasteiger partial charge in [0.15, 0.2) is 0 Å². The van der Waals surface area contributed by atoms with E-state index in [1.807, 2.05) is 24.5 Å². The van der Waals surface area contributed by atoms with E-state index in [0.717, 1.165) is 6.54 Å². The van der Waals surface area contributed by atoms with Crippen molar-refractivity contribution in [2.24, 2.45) is 5.41 Å². The Morgan fingerprint density at radius 1 is 1.50 bits per heavy atom. The largest absolute Gasteiger partial charge is 0.310 e. The van der Waals surface area contributed by atoms with E-state index in [0.29, 0.717) is 12.5 Å². The van der Waals surface area contributed by atoms with Gasteiger partial charge in [0.1, 0.15) is 0 Å². The lowest BCUT2D eigenvalue weighted by molar-refractivity contribution is 0.433. The van der Waals surface area contributed by atoms with E-state index in [4.69, 9.17) is 5.26 Å². The summed E-state index contributed by atoms with van der Waals surface area (Å²) >= 11 is 0. The average Bonchev–Trinajstić information content (AvgIpc) is 3.08. The molecule has 1 saturated carbocycles. The minimum absolute atomic E-state index is 0.274. The topological polar surface area (TPSA) is 48.7 Å². The number of pyridine rings is 1. The van der Waals surface area contributed by atoms with Gasteiger partial charge in [-0.15, -0.1) is 0 Å². The van der Waals surface area contributed by atoms with Crippen LogP contribution >= 0.6 is 0 Å². The first-order valence-electron chi connectivity index (χ1n) is 5.76. The van der Waals surface area contributed by atoms with Gasteiger partial charge in [-0.1, -0.05) is 0 Å². The minimum atomic E-state index is 0.274. The van der Waals surface area contributed by atoms with Gasteiger partial charge in [-0.3, -0.25) is 4.98 Å². The third-order valence-corrected chi connectivity index (χ3v) is 3.40. The molecule has 0 saturated heterocycles. The molecule has 0 spiro atoms. The quantitative estimate of drug-likeness (QED) is 0.820. The molecule has 0 aliphatic heterocycles. The van der Waals surface area contributed by atoms with Crippen LogP contribution in [-0.4, -0.2) is 11.5 Å². The zero-order valence-corrected chi connectivity index (χ0v) is 9.61. The number of nitrogens with zero attached hydrogens (tertiary/aromatic N) is 2. The molecule has 0 unspecified atom stereocenters. The summed E-state index contributed by atoms with van der Waals surface area (Å²) in [6.45, 7) is 3.10. The van der Waals surface area contributed by atoms with Crippen molar-refractivity contribution in [3.8, 4) is 6.07 Å². The lowest BCUT2D eigenvalue weighted by Crippen LogP contribution is -2.26. The Morgan fingerprint density at radius 2 is 2.19 bits per heavy atom. The smallest absolute Gasteiger partial charge is 0.0628 e. The molecule has 1 aromatic heterocycles. The van der Waals surface area contributed by atoms with Crippen LogP contribution in [-0.2, 0) is 0 Å². The summed E-state index contributed by atoms with van der Waals surface area (Å²) in [5.74, 6) is 0. The van der Waals surface area contributed by atoms with Crippen molar-refractivity contribution in [1.82, 2.24) is 10.3 Å². The van der Waals surface area contributed by atoms with Gasteiger partial charge in [-0.2, -0.15) is 5.26 Å². The maximum atomic E-state index is 8.74. The molecule has 3 heteroatoms. The van der Waals surface area contributed by atoms with Gasteiger partial charge < -0.3 is 5.32 Å². The summed E-state index contributed by atoms with van der Waals surface area (Å²) in [4.78, 5) is 4.01. The molecular formula is C13H17N3. The number of hydrogen-bond acceptors (Lipinski definition) is 3. The van der Waals surface area contributed by atoms with Gasteiger partial charge in [-0.25, -0.2) is 0 Å². The van der Waals surface area contributed by atoms with E-state index < -0.39 is 0 Å². The van der Waals surface area contributed by atoms with Crippen molar-refractivity contribution >= 4 is 0 Å². The Bertz CT molecular complexity index is 376. The first-order valence-corrected chi connectivity index (χ1v) is 5.76. The predicted octanol–water partition coefficient (Wildman–Crippen LogP) is 2.43. The van der Waals surface area contributed by atoms with Gasteiger partial charge >= 0.3 is 0 Å². The number of nitrogens with one attached hydrogen (secondary N) is 1. The fraction of sp³-hybridized carbons (Fsp3) is 0.538. The number of hydrogen-bond donors (Lipinski definition) is 1. The highest BCUT2D eigenvalue weighted by Crippen LogP contribution is 2.48. The Labute approximate surface area is 96.5 Å². The molecule has 0 aromatic carbocycles. The van der Waals surface area contributed by atoms with Crippen LogP contribution in [0.5, 0.6) is 0 Å². The maximum absolute atomic E-state index is 8.74. The second-order valence-electron chi connectivity index (χ2n) is 4.72. The van der Waals surface area contributed by atoms with Crippen LogP contribution in [0.25, 0.3) is 0 Å². The average molecular weight is 215 g/mol. The Balaban J connectivity index is 1.85. The Morgan fingerprint density at radius 3 is 2.75 bits per heavy atom. The number of aromatic nitrogens is 1. The molecule has 3 nitrogen and oxygen atoms in total. The van der Waals surface area contributed by atoms with Gasteiger partial charge in [-0.05, 0) is 42.9 Å². The zero-order chi connectivity index (χ0) is 11.4. The first-order chi connectivity index (χ1) is 7.76. The zero-order valence-electron chi connectivity index (χ0n) is 9.61. The standard InChI is InChI=1S/C13H17N3/c1-11(12-2-8-15-9-3-12)16-10-13(4-5-13)6-7-14/h2-3,8-9,11,16H,4-6,10H2,1H3/t11-/m1/s1. The molecule has 1 aromatic rings. The second-order valence-corrected chi connectivity index (χ2v) is 4.72. The van der Waals surface area contributed by atoms with Crippen LogP contribution in [0.3, 0.4) is 0 Å². The fourth-order valence-corrected chi connectivity index (χ4v) is 1.90. The van der Waals surface area contributed by atoms with Crippen LogP contribution in [0.4, 0.5) is 0 Å². The van der Waals surface area contributed by atoms with Crippen molar-refractivity contribution in [3.05, 3.63) is 30.1 Å². The van der Waals surface area contributed by atoms with Crippen LogP contribution in [0.15, 0.2) is 24.5 Å². The maximum Gasteiger partial charge on any atom is 0.0628 e. The first kappa shape index (κ1) is 11.1. The van der Waals surface area contributed by atoms with E-state index in [9.17, 15) is 0 Å². The van der Waals surface area contributed by atoms with E-state index in [-0.39, 0.29) is 5.41 Å². The summed E-state index contributed by atoms with van der Waals surface area (Å²) in [5.41, 5.74) is 1.53. The van der Waals surface area contributed by atoms with E-state index in [1.165, 1.54) is 18.4 Å². The lowest BCUT2D eigenvalue weighted by atomic mass is 10.0. The molecule has 2 rings (SSSR count). The van der Waals surface area contributed by atoms with Gasteiger partial charge in [0.2, 0.25) is 0 Å². The van der Waals surface area contributed by atoms with Crippen molar-refractivity contribution in [2.45, 2.75) is 32.2 Å². The third kappa shape index (κ3) is 2.59. The van der Waals surface area contributed by atoms with E-state index in [2.05, 4.69) is 23.3 Å². The summed E-state index contributed by atoms with van der Waals surface area (Å²) in [7, 11) is 0. The molecule has 0 amide bonds. The normalized spacial score (nSPS) is 18.8. The molecule has 16 heavy (non-hydrogen) atoms. The highest BCUT2D eigenvalue weighted by atomic mass is 14.9. The molecular weight excluding hydrogens is 198 g/mol. The molecule has 0 bridgehead atoms. The van der Waals surface area contributed by atoms with E-state index in [1.54, 1.807) is 0 Å². The highest BCUT2D eigenvalue weighted by Gasteiger charge is 2.42. The second kappa shape index (κ2) is 4.63. The molecule has 1 aliphatic carbocycles. The van der Waals surface area contributed by atoms with E-state index >= 15 is 0 Å². The minimum Gasteiger partial charge on any atom is -0.310 e. The summed E-state index contributed by atoms with van der Waals surface area (Å²) < 4.78 is 0. The van der Waals surface area contributed by atoms with Gasteiger partial charge in [0.05, 0.1) is 6.07 Å². The SMILES string of the molecule is C[C@@H](NCC1(CC#N)CC1)c1ccncc1. The van der Waals surface area contributed by atoms with Gasteiger partial charge in [0.25, 0.3) is 0 Å². The van der Waals surface area contributed by atoms with Crippen LogP contribution in [0.1, 0.15) is 37.8 Å². The predicted molar refractivity (Wildman–Crippen MR) is 62.6 cm³/mol. The van der Waals surface area contributed by atoms with Crippen molar-refractivity contribution in [3.63, 3.8) is 0 Å². The lowest BCUT2D eigenvalue weighted by Gasteiger charge is -2.18. The molecule has 0 radical (unpaired) electrons. The Kier molecular flexibility index (Phi) is 3.21. The molecule has 1 fully saturated rings. The number of rotatable bonds is 5. The van der Waals surface area contributed by atoms with Crippen LogP contribution in [0, 0.1) is 16.7 Å². The summed E-state index contributed by atoms with van der Waals surface area (Å²) in [5, 5.41) is 12.2. The summed E-state index contributed by atoms with van der Waals surface area (Å²) in [6, 6.07) is 6.68. The third-order valence-electron chi connectivity index (χ3n) is 3.40. The Hall–Kier alpha value is -1.40. The van der Waals surface area contributed by atoms with Gasteiger partial charge in [0, 0.05) is 31.4 Å². The van der Waals surface area contributed by atoms with Crippen LogP contribution < -0.4 is 5.32 Å². The van der Waals surface area contributed by atoms with Crippen molar-refractivity contribution in [2.75, 3.05) is 6.54 Å². The molecule has 1 heterocycles. The molecule has 1 atom stereocenters.